The summed E-state index contributed by atoms with van der Waals surface area (Å²) in [5.41, 5.74) is -0.661. The average molecular weight is 313 g/mol. The normalized spacial score (nSPS) is 11.3. The van der Waals surface area contributed by atoms with Crippen molar-refractivity contribution < 1.29 is 27.5 Å². The molecule has 0 saturated carbocycles. The first-order chi connectivity index (χ1) is 10.2. The summed E-state index contributed by atoms with van der Waals surface area (Å²) in [6.07, 6.45) is -4.62. The maximum atomic E-state index is 13.1. The van der Waals surface area contributed by atoms with Crippen LogP contribution in [-0.4, -0.2) is 11.0 Å². The molecule has 0 radical (unpaired) electrons. The van der Waals surface area contributed by atoms with Crippen molar-refractivity contribution in [1.82, 2.24) is 0 Å². The summed E-state index contributed by atoms with van der Waals surface area (Å²) >= 11 is 0. The molecule has 0 fully saturated rings. The number of aryl methyl sites for hydroxylation is 1. The predicted octanol–water partition coefficient (Wildman–Crippen LogP) is 4.11. The van der Waals surface area contributed by atoms with E-state index in [0.717, 1.165) is 12.1 Å². The highest BCUT2D eigenvalue weighted by Crippen LogP contribution is 2.33. The van der Waals surface area contributed by atoms with Crippen molar-refractivity contribution in [3.63, 3.8) is 0 Å². The maximum absolute atomic E-state index is 13.1. The molecule has 2 N–H and O–H groups in total. The molecule has 1 amide bonds. The first kappa shape index (κ1) is 15.8. The lowest BCUT2D eigenvalue weighted by Gasteiger charge is -2.11. The molecule has 0 unspecified atom stereocenters. The Hall–Kier alpha value is -2.57. The van der Waals surface area contributed by atoms with Gasteiger partial charge in [-0.3, -0.25) is 4.79 Å². The van der Waals surface area contributed by atoms with E-state index in [1.165, 1.54) is 12.1 Å². The zero-order chi connectivity index (χ0) is 16.5. The summed E-state index contributed by atoms with van der Waals surface area (Å²) in [6, 6.07) is 5.75. The Morgan fingerprint density at radius 2 is 1.82 bits per heavy atom. The highest BCUT2D eigenvalue weighted by atomic mass is 19.4. The monoisotopic (exact) mass is 313 g/mol. The van der Waals surface area contributed by atoms with Gasteiger partial charge in [-0.05, 0) is 42.8 Å². The summed E-state index contributed by atoms with van der Waals surface area (Å²) in [5, 5.41) is 11.9. The summed E-state index contributed by atoms with van der Waals surface area (Å²) in [6.45, 7) is 1.63. The van der Waals surface area contributed by atoms with Crippen LogP contribution in [0.15, 0.2) is 36.4 Å². The van der Waals surface area contributed by atoms with Gasteiger partial charge in [0.2, 0.25) is 0 Å². The van der Waals surface area contributed by atoms with Crippen LogP contribution in [0, 0.1) is 12.7 Å². The van der Waals surface area contributed by atoms with Gasteiger partial charge < -0.3 is 10.4 Å². The summed E-state index contributed by atoms with van der Waals surface area (Å²) < 4.78 is 50.6. The van der Waals surface area contributed by atoms with E-state index in [2.05, 4.69) is 5.32 Å². The van der Waals surface area contributed by atoms with E-state index in [0.29, 0.717) is 17.7 Å². The number of alkyl halides is 3. The van der Waals surface area contributed by atoms with Crippen molar-refractivity contribution in [1.29, 1.82) is 0 Å². The van der Waals surface area contributed by atoms with Gasteiger partial charge in [0.15, 0.2) is 0 Å². The number of carbonyl (C=O) groups excluding carboxylic acids is 1. The third kappa shape index (κ3) is 3.36. The van der Waals surface area contributed by atoms with Crippen molar-refractivity contribution in [3.05, 3.63) is 58.9 Å². The fraction of sp³-hybridized carbons (Fsp3) is 0.133. The van der Waals surface area contributed by atoms with Crippen molar-refractivity contribution in [3.8, 4) is 5.75 Å². The minimum atomic E-state index is -4.62. The summed E-state index contributed by atoms with van der Waals surface area (Å²) in [5.74, 6) is -2.21. The Morgan fingerprint density at radius 1 is 1.14 bits per heavy atom. The van der Waals surface area contributed by atoms with Gasteiger partial charge in [-0.1, -0.05) is 6.07 Å². The quantitative estimate of drug-likeness (QED) is 0.820. The van der Waals surface area contributed by atoms with Gasteiger partial charge in [0, 0.05) is 5.69 Å². The van der Waals surface area contributed by atoms with Gasteiger partial charge >= 0.3 is 6.18 Å². The summed E-state index contributed by atoms with van der Waals surface area (Å²) in [4.78, 5) is 12.0. The van der Waals surface area contributed by atoms with Gasteiger partial charge in [0.1, 0.15) is 11.6 Å². The summed E-state index contributed by atoms with van der Waals surface area (Å²) in [7, 11) is 0. The van der Waals surface area contributed by atoms with E-state index in [1.807, 2.05) is 0 Å². The van der Waals surface area contributed by atoms with E-state index in [1.54, 1.807) is 6.92 Å². The number of hydrogen-bond acceptors (Lipinski definition) is 2. The van der Waals surface area contributed by atoms with Crippen molar-refractivity contribution in [2.75, 3.05) is 5.32 Å². The number of benzene rings is 2. The number of anilines is 1. The van der Waals surface area contributed by atoms with Crippen LogP contribution < -0.4 is 5.32 Å². The molecule has 0 aromatic heterocycles. The highest BCUT2D eigenvalue weighted by molar-refractivity contribution is 6.06. The SMILES string of the molecule is Cc1ccc(F)cc1NC(=O)c1ccc(C(F)(F)F)cc1O. The zero-order valence-corrected chi connectivity index (χ0v) is 11.3. The molecule has 0 spiro atoms. The van der Waals surface area contributed by atoms with Gasteiger partial charge in [0.25, 0.3) is 5.91 Å². The second-order valence-electron chi connectivity index (χ2n) is 4.64. The van der Waals surface area contributed by atoms with Gasteiger partial charge in [-0.2, -0.15) is 13.2 Å². The number of halogens is 4. The number of amides is 1. The molecule has 2 aromatic rings. The first-order valence-corrected chi connectivity index (χ1v) is 6.16. The molecule has 0 aliphatic heterocycles. The Kier molecular flexibility index (Phi) is 4.07. The molecule has 116 valence electrons. The predicted molar refractivity (Wildman–Crippen MR) is 72.2 cm³/mol. The molecule has 2 rings (SSSR count). The lowest BCUT2D eigenvalue weighted by atomic mass is 10.1. The largest absolute Gasteiger partial charge is 0.507 e. The molecule has 2 aromatic carbocycles. The van der Waals surface area contributed by atoms with Crippen molar-refractivity contribution in [2.24, 2.45) is 0 Å². The average Bonchev–Trinajstić information content (AvgIpc) is 2.41. The number of carbonyl (C=O) groups is 1. The number of aromatic hydroxyl groups is 1. The molecule has 3 nitrogen and oxygen atoms in total. The van der Waals surface area contributed by atoms with Crippen LogP contribution in [-0.2, 0) is 6.18 Å². The molecule has 7 heteroatoms. The van der Waals surface area contributed by atoms with E-state index in [4.69, 9.17) is 0 Å². The Bertz CT molecular complexity index is 726. The van der Waals surface area contributed by atoms with Crippen LogP contribution in [0.2, 0.25) is 0 Å². The fourth-order valence-electron chi connectivity index (χ4n) is 1.82. The smallest absolute Gasteiger partial charge is 0.416 e. The molecule has 0 aliphatic carbocycles. The zero-order valence-electron chi connectivity index (χ0n) is 11.3. The van der Waals surface area contributed by atoms with Crippen molar-refractivity contribution in [2.45, 2.75) is 13.1 Å². The van der Waals surface area contributed by atoms with Gasteiger partial charge in [-0.15, -0.1) is 0 Å². The van der Waals surface area contributed by atoms with Crippen LogP contribution in [0.1, 0.15) is 21.5 Å². The number of rotatable bonds is 2. The molecule has 0 heterocycles. The van der Waals surface area contributed by atoms with Crippen LogP contribution >= 0.6 is 0 Å². The third-order valence-corrected chi connectivity index (χ3v) is 3.02. The number of hydrogen-bond donors (Lipinski definition) is 2. The van der Waals surface area contributed by atoms with E-state index < -0.39 is 29.2 Å². The lowest BCUT2D eigenvalue weighted by molar-refractivity contribution is -0.137. The maximum Gasteiger partial charge on any atom is 0.416 e. The second-order valence-corrected chi connectivity index (χ2v) is 4.64. The minimum absolute atomic E-state index is 0.171. The molecule has 22 heavy (non-hydrogen) atoms. The highest BCUT2D eigenvalue weighted by Gasteiger charge is 2.31. The first-order valence-electron chi connectivity index (χ1n) is 6.16. The van der Waals surface area contributed by atoms with Gasteiger partial charge in [-0.25, -0.2) is 4.39 Å². The Morgan fingerprint density at radius 3 is 2.41 bits per heavy atom. The topological polar surface area (TPSA) is 49.3 Å². The van der Waals surface area contributed by atoms with Gasteiger partial charge in [0.05, 0.1) is 11.1 Å². The van der Waals surface area contributed by atoms with E-state index in [9.17, 15) is 27.5 Å². The molecule has 0 aliphatic rings. The molecular weight excluding hydrogens is 302 g/mol. The van der Waals surface area contributed by atoms with E-state index >= 15 is 0 Å². The van der Waals surface area contributed by atoms with E-state index in [-0.39, 0.29) is 11.3 Å². The third-order valence-electron chi connectivity index (χ3n) is 3.02. The molecule has 0 atom stereocenters. The minimum Gasteiger partial charge on any atom is -0.507 e. The lowest BCUT2D eigenvalue weighted by Crippen LogP contribution is -2.14. The molecule has 0 bridgehead atoms. The Balaban J connectivity index is 2.29. The van der Waals surface area contributed by atoms with Crippen molar-refractivity contribution >= 4 is 11.6 Å². The number of nitrogens with one attached hydrogen (secondary N) is 1. The fourth-order valence-corrected chi connectivity index (χ4v) is 1.82. The standard InChI is InChI=1S/C15H11F4NO2/c1-8-2-4-10(16)7-12(8)20-14(22)11-5-3-9(6-13(11)21)15(17,18)19/h2-7,21H,1H3,(H,20,22). The number of phenols is 1. The molecule has 0 saturated heterocycles. The number of phenolic OH excluding ortho intramolecular Hbond substituents is 1. The molecular formula is C15H11F4NO2. The van der Waals surface area contributed by atoms with Crippen LogP contribution in [0.4, 0.5) is 23.2 Å². The van der Waals surface area contributed by atoms with Crippen LogP contribution in [0.3, 0.4) is 0 Å². The Labute approximate surface area is 123 Å². The van der Waals surface area contributed by atoms with Crippen LogP contribution in [0.5, 0.6) is 5.75 Å². The second kappa shape index (κ2) is 5.67. The van der Waals surface area contributed by atoms with Crippen LogP contribution in [0.25, 0.3) is 0 Å².